The van der Waals surface area contributed by atoms with Gasteiger partial charge in [-0.2, -0.15) is 0 Å². The summed E-state index contributed by atoms with van der Waals surface area (Å²) < 4.78 is 0. The summed E-state index contributed by atoms with van der Waals surface area (Å²) in [5.41, 5.74) is 14.1. The van der Waals surface area contributed by atoms with Crippen LogP contribution in [0.3, 0.4) is 0 Å². The van der Waals surface area contributed by atoms with E-state index in [9.17, 15) is 0 Å². The SMILES string of the molecule is NCc1ccc2ncccc2c1N. The Hall–Kier alpha value is -1.61. The van der Waals surface area contributed by atoms with Gasteiger partial charge in [0, 0.05) is 23.8 Å². The third-order valence-corrected chi connectivity index (χ3v) is 2.14. The molecule has 0 aliphatic rings. The number of nitrogens with zero attached hydrogens (tertiary/aromatic N) is 1. The number of nitrogen functional groups attached to an aromatic ring is 1. The Labute approximate surface area is 76.4 Å². The summed E-state index contributed by atoms with van der Waals surface area (Å²) in [5, 5.41) is 0.977. The Morgan fingerprint density at radius 3 is 2.85 bits per heavy atom. The highest BCUT2D eigenvalue weighted by atomic mass is 14.7. The van der Waals surface area contributed by atoms with E-state index in [4.69, 9.17) is 11.5 Å². The summed E-state index contributed by atoms with van der Waals surface area (Å²) in [5.74, 6) is 0. The van der Waals surface area contributed by atoms with Crippen molar-refractivity contribution in [2.45, 2.75) is 6.54 Å². The molecule has 0 spiro atoms. The zero-order valence-corrected chi connectivity index (χ0v) is 7.20. The van der Waals surface area contributed by atoms with E-state index in [1.54, 1.807) is 6.20 Å². The van der Waals surface area contributed by atoms with Gasteiger partial charge in [-0.25, -0.2) is 0 Å². The molecular formula is C10H11N3. The second kappa shape index (κ2) is 3.03. The number of anilines is 1. The van der Waals surface area contributed by atoms with Crippen molar-refractivity contribution in [2.75, 3.05) is 5.73 Å². The number of fused-ring (bicyclic) bond motifs is 1. The summed E-state index contributed by atoms with van der Waals surface area (Å²) in [6.45, 7) is 0.469. The molecule has 3 heteroatoms. The highest BCUT2D eigenvalue weighted by Crippen LogP contribution is 2.22. The topological polar surface area (TPSA) is 64.9 Å². The van der Waals surface area contributed by atoms with Crippen LogP contribution in [0.25, 0.3) is 10.9 Å². The molecule has 2 rings (SSSR count). The maximum Gasteiger partial charge on any atom is 0.0722 e. The van der Waals surface area contributed by atoms with E-state index in [0.717, 1.165) is 22.2 Å². The van der Waals surface area contributed by atoms with E-state index in [0.29, 0.717) is 6.54 Å². The number of aromatic nitrogens is 1. The average molecular weight is 173 g/mol. The van der Waals surface area contributed by atoms with Crippen LogP contribution in [0.4, 0.5) is 5.69 Å². The van der Waals surface area contributed by atoms with Crippen molar-refractivity contribution in [1.29, 1.82) is 0 Å². The zero-order chi connectivity index (χ0) is 9.26. The van der Waals surface area contributed by atoms with E-state index in [2.05, 4.69) is 4.98 Å². The first-order valence-corrected chi connectivity index (χ1v) is 4.15. The number of pyridine rings is 1. The highest BCUT2D eigenvalue weighted by molar-refractivity contribution is 5.91. The van der Waals surface area contributed by atoms with Crippen LogP contribution in [-0.4, -0.2) is 4.98 Å². The Morgan fingerprint density at radius 2 is 2.08 bits per heavy atom. The Balaban J connectivity index is 2.79. The molecule has 0 radical (unpaired) electrons. The summed E-state index contributed by atoms with van der Waals surface area (Å²) >= 11 is 0. The fourth-order valence-corrected chi connectivity index (χ4v) is 1.40. The Bertz CT molecular complexity index is 437. The standard InChI is InChI=1S/C10H11N3/c11-6-7-3-4-9-8(10(7)12)2-1-5-13-9/h1-5H,6,11-12H2. The lowest BCUT2D eigenvalue weighted by atomic mass is 10.1. The number of benzene rings is 1. The lowest BCUT2D eigenvalue weighted by Gasteiger charge is -2.05. The van der Waals surface area contributed by atoms with Gasteiger partial charge in [-0.15, -0.1) is 0 Å². The quantitative estimate of drug-likeness (QED) is 0.638. The van der Waals surface area contributed by atoms with E-state index in [1.165, 1.54) is 0 Å². The van der Waals surface area contributed by atoms with Crippen LogP contribution in [-0.2, 0) is 6.54 Å². The third kappa shape index (κ3) is 1.23. The number of nitrogens with two attached hydrogens (primary N) is 2. The predicted octanol–water partition coefficient (Wildman–Crippen LogP) is 1.28. The number of hydrogen-bond acceptors (Lipinski definition) is 3. The van der Waals surface area contributed by atoms with Crippen molar-refractivity contribution in [2.24, 2.45) is 5.73 Å². The van der Waals surface area contributed by atoms with Crippen LogP contribution < -0.4 is 11.5 Å². The van der Waals surface area contributed by atoms with Crippen molar-refractivity contribution in [3.63, 3.8) is 0 Å². The normalized spacial score (nSPS) is 10.5. The first kappa shape index (κ1) is 8.01. The number of hydrogen-bond donors (Lipinski definition) is 2. The van der Waals surface area contributed by atoms with Gasteiger partial charge in [0.25, 0.3) is 0 Å². The molecule has 0 fully saturated rings. The molecule has 1 heterocycles. The molecule has 66 valence electrons. The van der Waals surface area contributed by atoms with Gasteiger partial charge in [-0.1, -0.05) is 6.07 Å². The second-order valence-corrected chi connectivity index (χ2v) is 2.91. The second-order valence-electron chi connectivity index (χ2n) is 2.91. The Kier molecular flexibility index (Phi) is 1.87. The fourth-order valence-electron chi connectivity index (χ4n) is 1.40. The van der Waals surface area contributed by atoms with Crippen LogP contribution in [0.5, 0.6) is 0 Å². The van der Waals surface area contributed by atoms with Crippen molar-refractivity contribution >= 4 is 16.6 Å². The van der Waals surface area contributed by atoms with Crippen LogP contribution in [0, 0.1) is 0 Å². The summed E-state index contributed by atoms with van der Waals surface area (Å²) in [6.07, 6.45) is 1.75. The molecule has 0 aliphatic carbocycles. The minimum atomic E-state index is 0.469. The predicted molar refractivity (Wildman–Crippen MR) is 54.0 cm³/mol. The van der Waals surface area contributed by atoms with Crippen LogP contribution >= 0.6 is 0 Å². The molecule has 2 aromatic rings. The fraction of sp³-hybridized carbons (Fsp3) is 0.100. The molecule has 0 unspecified atom stereocenters. The molecule has 0 aliphatic heterocycles. The lowest BCUT2D eigenvalue weighted by molar-refractivity contribution is 1.08. The Morgan fingerprint density at radius 1 is 1.23 bits per heavy atom. The van der Waals surface area contributed by atoms with Gasteiger partial charge in [0.2, 0.25) is 0 Å². The molecule has 0 saturated carbocycles. The van der Waals surface area contributed by atoms with E-state index in [-0.39, 0.29) is 0 Å². The average Bonchev–Trinajstić information content (AvgIpc) is 2.19. The van der Waals surface area contributed by atoms with E-state index in [1.807, 2.05) is 24.3 Å². The molecular weight excluding hydrogens is 162 g/mol. The first-order chi connectivity index (χ1) is 6.33. The minimum absolute atomic E-state index is 0.469. The summed E-state index contributed by atoms with van der Waals surface area (Å²) in [4.78, 5) is 4.20. The molecule has 13 heavy (non-hydrogen) atoms. The van der Waals surface area contributed by atoms with Crippen molar-refractivity contribution in [1.82, 2.24) is 4.98 Å². The lowest BCUT2D eigenvalue weighted by Crippen LogP contribution is -2.01. The largest absolute Gasteiger partial charge is 0.398 e. The maximum absolute atomic E-state index is 5.91. The van der Waals surface area contributed by atoms with E-state index < -0.39 is 0 Å². The van der Waals surface area contributed by atoms with Crippen molar-refractivity contribution < 1.29 is 0 Å². The van der Waals surface area contributed by atoms with Gasteiger partial charge in [0.15, 0.2) is 0 Å². The maximum atomic E-state index is 5.91. The van der Waals surface area contributed by atoms with Crippen LogP contribution in [0.15, 0.2) is 30.5 Å². The monoisotopic (exact) mass is 173 g/mol. The van der Waals surface area contributed by atoms with Crippen LogP contribution in [0.2, 0.25) is 0 Å². The van der Waals surface area contributed by atoms with Gasteiger partial charge < -0.3 is 11.5 Å². The zero-order valence-electron chi connectivity index (χ0n) is 7.20. The van der Waals surface area contributed by atoms with Crippen molar-refractivity contribution in [3.8, 4) is 0 Å². The molecule has 0 amide bonds. The van der Waals surface area contributed by atoms with Gasteiger partial charge in [0.05, 0.1) is 5.52 Å². The molecule has 1 aromatic heterocycles. The van der Waals surface area contributed by atoms with Crippen molar-refractivity contribution in [3.05, 3.63) is 36.0 Å². The molecule has 0 bridgehead atoms. The van der Waals surface area contributed by atoms with Crippen LogP contribution in [0.1, 0.15) is 5.56 Å². The highest BCUT2D eigenvalue weighted by Gasteiger charge is 2.02. The summed E-state index contributed by atoms with van der Waals surface area (Å²) in [7, 11) is 0. The van der Waals surface area contributed by atoms with Gasteiger partial charge in [-0.05, 0) is 23.8 Å². The van der Waals surface area contributed by atoms with Gasteiger partial charge in [0.1, 0.15) is 0 Å². The minimum Gasteiger partial charge on any atom is -0.398 e. The van der Waals surface area contributed by atoms with E-state index >= 15 is 0 Å². The van der Waals surface area contributed by atoms with Gasteiger partial charge in [-0.3, -0.25) is 4.98 Å². The molecule has 0 atom stereocenters. The number of rotatable bonds is 1. The molecule has 3 nitrogen and oxygen atoms in total. The summed E-state index contributed by atoms with van der Waals surface area (Å²) in [6, 6.07) is 7.69. The molecule has 4 N–H and O–H groups in total. The molecule has 1 aromatic carbocycles. The molecule has 0 saturated heterocycles. The van der Waals surface area contributed by atoms with Gasteiger partial charge >= 0.3 is 0 Å². The third-order valence-electron chi connectivity index (χ3n) is 2.14. The first-order valence-electron chi connectivity index (χ1n) is 4.15. The smallest absolute Gasteiger partial charge is 0.0722 e.